The molecule has 82 valence electrons. The molecule has 0 unspecified atom stereocenters. The molecule has 0 saturated carbocycles. The summed E-state index contributed by atoms with van der Waals surface area (Å²) in [5.41, 5.74) is 5.19. The number of hydrogen-bond donors (Lipinski definition) is 3. The first-order chi connectivity index (χ1) is 7.13. The smallest absolute Gasteiger partial charge is 0.325 e. The summed E-state index contributed by atoms with van der Waals surface area (Å²) in [5, 5.41) is 8.07. The summed E-state index contributed by atoms with van der Waals surface area (Å²) in [6, 6.07) is 0. The summed E-state index contributed by atoms with van der Waals surface area (Å²) in [5.74, 6) is -1.15. The fourth-order valence-electron chi connectivity index (χ4n) is 0.825. The molecule has 0 atom stereocenters. The lowest BCUT2D eigenvalue weighted by Crippen LogP contribution is -2.31. The Morgan fingerprint density at radius 3 is 2.87 bits per heavy atom. The monoisotopic (exact) mass is 213 g/mol. The van der Waals surface area contributed by atoms with E-state index >= 15 is 0 Å². The van der Waals surface area contributed by atoms with Gasteiger partial charge in [-0.1, -0.05) is 0 Å². The first-order valence-corrected chi connectivity index (χ1v) is 4.25. The van der Waals surface area contributed by atoms with Gasteiger partial charge < -0.3 is 15.8 Å². The fourth-order valence-corrected chi connectivity index (χ4v) is 0.825. The number of carbonyl (C=O) groups is 2. The van der Waals surface area contributed by atoms with Crippen molar-refractivity contribution in [2.24, 2.45) is 0 Å². The second-order valence-electron chi connectivity index (χ2n) is 2.53. The SMILES string of the molecule is CCOC(=O)CNC(=O)c1nc(N)n[nH]1. The molecule has 0 radical (unpaired) electrons. The first-order valence-electron chi connectivity index (χ1n) is 4.25. The minimum absolute atomic E-state index is 0.0312. The molecule has 4 N–H and O–H groups in total. The van der Waals surface area contributed by atoms with Crippen LogP contribution in [0.2, 0.25) is 0 Å². The van der Waals surface area contributed by atoms with Crippen LogP contribution >= 0.6 is 0 Å². The Hall–Kier alpha value is -2.12. The van der Waals surface area contributed by atoms with Crippen molar-refractivity contribution in [3.05, 3.63) is 5.82 Å². The Bertz CT molecular complexity index is 361. The van der Waals surface area contributed by atoms with Gasteiger partial charge in [-0.3, -0.25) is 14.7 Å². The predicted molar refractivity (Wildman–Crippen MR) is 49.8 cm³/mol. The van der Waals surface area contributed by atoms with Gasteiger partial charge in [-0.05, 0) is 6.92 Å². The van der Waals surface area contributed by atoms with Crippen molar-refractivity contribution in [3.8, 4) is 0 Å². The summed E-state index contributed by atoms with van der Waals surface area (Å²) in [6.07, 6.45) is 0. The van der Waals surface area contributed by atoms with Crippen LogP contribution < -0.4 is 11.1 Å². The van der Waals surface area contributed by atoms with Crippen LogP contribution in [0.5, 0.6) is 0 Å². The van der Waals surface area contributed by atoms with E-state index in [1.807, 2.05) is 0 Å². The number of rotatable bonds is 4. The van der Waals surface area contributed by atoms with E-state index in [0.29, 0.717) is 0 Å². The van der Waals surface area contributed by atoms with Gasteiger partial charge in [0.05, 0.1) is 6.61 Å². The van der Waals surface area contributed by atoms with E-state index in [1.54, 1.807) is 6.92 Å². The summed E-state index contributed by atoms with van der Waals surface area (Å²) in [4.78, 5) is 25.7. The molecule has 15 heavy (non-hydrogen) atoms. The zero-order chi connectivity index (χ0) is 11.3. The minimum atomic E-state index is -0.563. The third kappa shape index (κ3) is 3.25. The molecule has 1 heterocycles. The van der Waals surface area contributed by atoms with Crippen LogP contribution in [-0.4, -0.2) is 40.2 Å². The number of amides is 1. The van der Waals surface area contributed by atoms with Gasteiger partial charge >= 0.3 is 5.97 Å². The molecule has 8 heteroatoms. The normalized spacial score (nSPS) is 9.67. The third-order valence-electron chi connectivity index (χ3n) is 1.42. The van der Waals surface area contributed by atoms with E-state index in [4.69, 9.17) is 5.73 Å². The number of nitrogen functional groups attached to an aromatic ring is 1. The highest BCUT2D eigenvalue weighted by Gasteiger charge is 2.11. The summed E-state index contributed by atoms with van der Waals surface area (Å²) >= 11 is 0. The molecule has 1 amide bonds. The zero-order valence-corrected chi connectivity index (χ0v) is 8.11. The largest absolute Gasteiger partial charge is 0.465 e. The number of nitrogens with zero attached hydrogens (tertiary/aromatic N) is 2. The minimum Gasteiger partial charge on any atom is -0.465 e. The van der Waals surface area contributed by atoms with E-state index < -0.39 is 11.9 Å². The molecule has 0 saturated heterocycles. The molecule has 0 aliphatic rings. The second kappa shape index (κ2) is 4.94. The van der Waals surface area contributed by atoms with Crippen molar-refractivity contribution in [2.75, 3.05) is 18.9 Å². The standard InChI is InChI=1S/C7H11N5O3/c1-2-15-4(13)3-9-6(14)5-10-7(8)12-11-5/h2-3H2,1H3,(H,9,14)(H3,8,10,11,12). The Labute approximate surface area is 85.2 Å². The Morgan fingerprint density at radius 1 is 1.60 bits per heavy atom. The molecular formula is C7H11N5O3. The molecule has 0 aliphatic carbocycles. The molecule has 1 rings (SSSR count). The topological polar surface area (TPSA) is 123 Å². The summed E-state index contributed by atoms with van der Waals surface area (Å²) < 4.78 is 4.61. The van der Waals surface area contributed by atoms with Crippen molar-refractivity contribution < 1.29 is 14.3 Å². The van der Waals surface area contributed by atoms with Gasteiger partial charge in [-0.15, -0.1) is 5.10 Å². The van der Waals surface area contributed by atoms with Crippen molar-refractivity contribution in [1.29, 1.82) is 0 Å². The molecule has 0 spiro atoms. The van der Waals surface area contributed by atoms with Crippen molar-refractivity contribution in [2.45, 2.75) is 6.92 Å². The van der Waals surface area contributed by atoms with Gasteiger partial charge in [0.15, 0.2) is 0 Å². The lowest BCUT2D eigenvalue weighted by atomic mass is 10.5. The van der Waals surface area contributed by atoms with E-state index in [1.165, 1.54) is 0 Å². The van der Waals surface area contributed by atoms with Gasteiger partial charge in [0.25, 0.3) is 5.91 Å². The van der Waals surface area contributed by atoms with E-state index in [0.717, 1.165) is 0 Å². The van der Waals surface area contributed by atoms with E-state index in [2.05, 4.69) is 25.2 Å². The predicted octanol–water partition coefficient (Wildman–Crippen LogP) is -1.32. The molecule has 0 fully saturated rings. The Morgan fingerprint density at radius 2 is 2.33 bits per heavy atom. The number of esters is 1. The lowest BCUT2D eigenvalue weighted by molar-refractivity contribution is -0.141. The first kappa shape index (κ1) is 11.0. The number of aromatic amines is 1. The molecule has 0 aromatic carbocycles. The molecule has 1 aromatic heterocycles. The average Bonchev–Trinajstić information content (AvgIpc) is 2.62. The number of ether oxygens (including phenoxy) is 1. The maximum absolute atomic E-state index is 11.3. The number of anilines is 1. The maximum atomic E-state index is 11.3. The number of carbonyl (C=O) groups excluding carboxylic acids is 2. The second-order valence-corrected chi connectivity index (χ2v) is 2.53. The van der Waals surface area contributed by atoms with E-state index in [-0.39, 0.29) is 24.9 Å². The van der Waals surface area contributed by atoms with Crippen LogP contribution in [0, 0.1) is 0 Å². The zero-order valence-electron chi connectivity index (χ0n) is 8.11. The van der Waals surface area contributed by atoms with Crippen LogP contribution in [0.25, 0.3) is 0 Å². The number of nitrogens with two attached hydrogens (primary N) is 1. The number of aromatic nitrogens is 3. The number of hydrogen-bond acceptors (Lipinski definition) is 6. The van der Waals surface area contributed by atoms with Crippen LogP contribution in [0.3, 0.4) is 0 Å². The maximum Gasteiger partial charge on any atom is 0.325 e. The Balaban J connectivity index is 2.40. The van der Waals surface area contributed by atoms with Gasteiger partial charge in [0.2, 0.25) is 11.8 Å². The van der Waals surface area contributed by atoms with Crippen LogP contribution in [0.15, 0.2) is 0 Å². The highest BCUT2D eigenvalue weighted by Crippen LogP contribution is 1.91. The number of H-pyrrole nitrogens is 1. The average molecular weight is 213 g/mol. The van der Waals surface area contributed by atoms with Crippen molar-refractivity contribution >= 4 is 17.8 Å². The quantitative estimate of drug-likeness (QED) is 0.533. The van der Waals surface area contributed by atoms with Crippen molar-refractivity contribution in [1.82, 2.24) is 20.5 Å². The Kier molecular flexibility index (Phi) is 3.61. The fraction of sp³-hybridized carbons (Fsp3) is 0.429. The lowest BCUT2D eigenvalue weighted by Gasteiger charge is -2.02. The van der Waals surface area contributed by atoms with Crippen molar-refractivity contribution in [3.63, 3.8) is 0 Å². The van der Waals surface area contributed by atoms with Crippen LogP contribution in [-0.2, 0) is 9.53 Å². The van der Waals surface area contributed by atoms with Gasteiger partial charge in [0.1, 0.15) is 6.54 Å². The van der Waals surface area contributed by atoms with E-state index in [9.17, 15) is 9.59 Å². The van der Waals surface area contributed by atoms with Crippen LogP contribution in [0.4, 0.5) is 5.95 Å². The third-order valence-corrected chi connectivity index (χ3v) is 1.42. The van der Waals surface area contributed by atoms with Gasteiger partial charge in [-0.2, -0.15) is 4.98 Å². The highest BCUT2D eigenvalue weighted by atomic mass is 16.5. The molecule has 8 nitrogen and oxygen atoms in total. The molecule has 0 aliphatic heterocycles. The number of nitrogens with one attached hydrogen (secondary N) is 2. The molecule has 0 bridgehead atoms. The van der Waals surface area contributed by atoms with Gasteiger partial charge in [-0.25, -0.2) is 0 Å². The van der Waals surface area contributed by atoms with Gasteiger partial charge in [0, 0.05) is 0 Å². The highest BCUT2D eigenvalue weighted by molar-refractivity contribution is 5.92. The molecular weight excluding hydrogens is 202 g/mol. The molecule has 1 aromatic rings. The van der Waals surface area contributed by atoms with Crippen LogP contribution in [0.1, 0.15) is 17.5 Å². The summed E-state index contributed by atoms with van der Waals surface area (Å²) in [7, 11) is 0. The summed E-state index contributed by atoms with van der Waals surface area (Å²) in [6.45, 7) is 1.73.